The molecule has 0 amide bonds. The average Bonchev–Trinajstić information content (AvgIpc) is 3.02. The molecule has 2 heterocycles. The van der Waals surface area contributed by atoms with Crippen LogP contribution in [0.3, 0.4) is 0 Å². The van der Waals surface area contributed by atoms with Gasteiger partial charge in [0.2, 0.25) is 10.0 Å². The molecule has 1 aromatic heterocycles. The lowest BCUT2D eigenvalue weighted by molar-refractivity contribution is 0.0250. The summed E-state index contributed by atoms with van der Waals surface area (Å²) in [5.74, 6) is 0. The van der Waals surface area contributed by atoms with Gasteiger partial charge in [-0.05, 0) is 44.2 Å². The Kier molecular flexibility index (Phi) is 5.43. The molecule has 5 nitrogen and oxygen atoms in total. The highest BCUT2D eigenvalue weighted by Gasteiger charge is 2.32. The largest absolute Gasteiger partial charge is 0.374 e. The van der Waals surface area contributed by atoms with E-state index in [0.717, 1.165) is 29.8 Å². The monoisotopic (exact) mass is 332 g/mol. The van der Waals surface area contributed by atoms with E-state index in [1.54, 1.807) is 0 Å². The molecular weight excluding hydrogens is 308 g/mol. The van der Waals surface area contributed by atoms with Gasteiger partial charge in [0.1, 0.15) is 4.90 Å². The number of hydrogen-bond acceptors (Lipinski definition) is 5. The van der Waals surface area contributed by atoms with E-state index in [4.69, 9.17) is 4.74 Å². The van der Waals surface area contributed by atoms with Gasteiger partial charge in [-0.2, -0.15) is 0 Å². The summed E-state index contributed by atoms with van der Waals surface area (Å²) in [4.78, 5) is 1.29. The van der Waals surface area contributed by atoms with E-state index in [9.17, 15) is 8.42 Å². The second-order valence-electron chi connectivity index (χ2n) is 5.68. The minimum atomic E-state index is -3.49. The zero-order valence-electron chi connectivity index (χ0n) is 12.9. The highest BCUT2D eigenvalue weighted by molar-refractivity contribution is 7.89. The van der Waals surface area contributed by atoms with Crippen molar-refractivity contribution < 1.29 is 13.2 Å². The third-order valence-electron chi connectivity index (χ3n) is 3.73. The zero-order valence-corrected chi connectivity index (χ0v) is 14.5. The van der Waals surface area contributed by atoms with Crippen LogP contribution >= 0.6 is 11.3 Å². The fourth-order valence-electron chi connectivity index (χ4n) is 2.50. The molecule has 1 saturated heterocycles. The van der Waals surface area contributed by atoms with Crippen LogP contribution in [0.5, 0.6) is 0 Å². The molecule has 21 heavy (non-hydrogen) atoms. The van der Waals surface area contributed by atoms with Crippen LogP contribution < -0.4 is 10.0 Å². The van der Waals surface area contributed by atoms with Gasteiger partial charge in [-0.15, -0.1) is 11.3 Å². The molecule has 0 spiro atoms. The Morgan fingerprint density at radius 1 is 1.48 bits per heavy atom. The second kappa shape index (κ2) is 6.75. The van der Waals surface area contributed by atoms with Crippen LogP contribution in [0, 0.1) is 6.92 Å². The topological polar surface area (TPSA) is 67.4 Å². The zero-order chi connectivity index (χ0) is 15.5. The highest BCUT2D eigenvalue weighted by atomic mass is 32.2. The van der Waals surface area contributed by atoms with Crippen LogP contribution in [0.4, 0.5) is 0 Å². The van der Waals surface area contributed by atoms with Gasteiger partial charge in [-0.3, -0.25) is 0 Å². The van der Waals surface area contributed by atoms with Crippen LogP contribution in [0.15, 0.2) is 10.3 Å². The van der Waals surface area contributed by atoms with Crippen molar-refractivity contribution in [1.29, 1.82) is 0 Å². The van der Waals surface area contributed by atoms with Gasteiger partial charge < -0.3 is 10.1 Å². The molecule has 1 unspecified atom stereocenters. The number of ether oxygens (including phenoxy) is 1. The first-order valence-corrected chi connectivity index (χ1v) is 9.65. The summed E-state index contributed by atoms with van der Waals surface area (Å²) in [6.07, 6.45) is 1.88. The fraction of sp³-hybridized carbons (Fsp3) is 0.714. The summed E-state index contributed by atoms with van der Waals surface area (Å²) >= 11 is 1.49. The van der Waals surface area contributed by atoms with Crippen LogP contribution in [0.25, 0.3) is 0 Å². The van der Waals surface area contributed by atoms with Gasteiger partial charge >= 0.3 is 0 Å². The van der Waals surface area contributed by atoms with Gasteiger partial charge in [0.05, 0.1) is 5.60 Å². The third kappa shape index (κ3) is 4.04. The third-order valence-corrected chi connectivity index (χ3v) is 6.59. The van der Waals surface area contributed by atoms with Crippen molar-refractivity contribution in [3.05, 3.63) is 15.8 Å². The lowest BCUT2D eigenvalue weighted by Crippen LogP contribution is -2.40. The van der Waals surface area contributed by atoms with E-state index in [0.29, 0.717) is 24.6 Å². The van der Waals surface area contributed by atoms with Crippen LogP contribution in [-0.4, -0.2) is 33.7 Å². The maximum Gasteiger partial charge on any atom is 0.242 e. The van der Waals surface area contributed by atoms with E-state index in [1.165, 1.54) is 11.3 Å². The molecule has 0 aliphatic carbocycles. The SMILES string of the molecule is CCNCc1scc(C)c1S(=O)(=O)NCC1(C)CCCO1. The van der Waals surface area contributed by atoms with Gasteiger partial charge in [-0.1, -0.05) is 6.92 Å². The summed E-state index contributed by atoms with van der Waals surface area (Å²) in [7, 11) is -3.49. The Labute approximate surface area is 131 Å². The Hall–Kier alpha value is -0.470. The van der Waals surface area contributed by atoms with Crippen molar-refractivity contribution in [3.63, 3.8) is 0 Å². The number of sulfonamides is 1. The van der Waals surface area contributed by atoms with Crippen molar-refractivity contribution in [2.24, 2.45) is 0 Å². The molecule has 1 fully saturated rings. The molecule has 2 rings (SSSR count). The first kappa shape index (κ1) is 16.9. The maximum absolute atomic E-state index is 12.6. The van der Waals surface area contributed by atoms with Gasteiger partial charge in [0.15, 0.2) is 0 Å². The Balaban J connectivity index is 2.13. The molecule has 0 bridgehead atoms. The Morgan fingerprint density at radius 2 is 2.24 bits per heavy atom. The quantitative estimate of drug-likeness (QED) is 0.801. The first-order valence-electron chi connectivity index (χ1n) is 7.29. The van der Waals surface area contributed by atoms with E-state index in [-0.39, 0.29) is 5.60 Å². The second-order valence-corrected chi connectivity index (χ2v) is 8.35. The first-order chi connectivity index (χ1) is 9.88. The smallest absolute Gasteiger partial charge is 0.242 e. The number of rotatable bonds is 7. The van der Waals surface area contributed by atoms with Crippen molar-refractivity contribution in [1.82, 2.24) is 10.0 Å². The maximum atomic E-state index is 12.6. The molecule has 0 aromatic carbocycles. The molecule has 0 radical (unpaired) electrons. The standard InChI is InChI=1S/C14H24N2O3S2/c1-4-15-8-12-13(11(2)9-20-12)21(17,18)16-10-14(3)6-5-7-19-14/h9,15-16H,4-8,10H2,1-3H3. The van der Waals surface area contributed by atoms with Gasteiger partial charge in [0, 0.05) is 24.6 Å². The summed E-state index contributed by atoms with van der Waals surface area (Å²) < 4.78 is 33.6. The molecule has 1 aliphatic heterocycles. The van der Waals surface area contributed by atoms with Crippen molar-refractivity contribution >= 4 is 21.4 Å². The minimum absolute atomic E-state index is 0.325. The lowest BCUT2D eigenvalue weighted by Gasteiger charge is -2.23. The van der Waals surface area contributed by atoms with Crippen LogP contribution in [-0.2, 0) is 21.3 Å². The molecule has 2 N–H and O–H groups in total. The Morgan fingerprint density at radius 3 is 2.86 bits per heavy atom. The van der Waals surface area contributed by atoms with Crippen molar-refractivity contribution in [2.45, 2.75) is 50.7 Å². The Bertz CT molecular complexity index is 575. The molecule has 1 aromatic rings. The minimum Gasteiger partial charge on any atom is -0.374 e. The van der Waals surface area contributed by atoms with Gasteiger partial charge in [0.25, 0.3) is 0 Å². The summed E-state index contributed by atoms with van der Waals surface area (Å²) in [5.41, 5.74) is 0.427. The van der Waals surface area contributed by atoms with Crippen molar-refractivity contribution in [3.8, 4) is 0 Å². The molecular formula is C14H24N2O3S2. The molecule has 120 valence electrons. The summed E-state index contributed by atoms with van der Waals surface area (Å²) in [5, 5.41) is 5.09. The summed E-state index contributed by atoms with van der Waals surface area (Å²) in [6, 6.07) is 0. The van der Waals surface area contributed by atoms with Crippen LogP contribution in [0.2, 0.25) is 0 Å². The predicted molar refractivity (Wildman–Crippen MR) is 85.2 cm³/mol. The van der Waals surface area contributed by atoms with Crippen LogP contribution in [0.1, 0.15) is 37.1 Å². The normalized spacial score (nSPS) is 22.8. The summed E-state index contributed by atoms with van der Waals surface area (Å²) in [6.45, 7) is 8.24. The molecule has 7 heteroatoms. The number of thiophene rings is 1. The number of hydrogen-bond donors (Lipinski definition) is 2. The average molecular weight is 332 g/mol. The van der Waals surface area contributed by atoms with E-state index in [1.807, 2.05) is 26.2 Å². The molecule has 1 aliphatic rings. The van der Waals surface area contributed by atoms with E-state index in [2.05, 4.69) is 10.0 Å². The fourth-order valence-corrected chi connectivity index (χ4v) is 5.44. The molecule has 1 atom stereocenters. The van der Waals surface area contributed by atoms with E-state index < -0.39 is 10.0 Å². The van der Waals surface area contributed by atoms with Gasteiger partial charge in [-0.25, -0.2) is 13.1 Å². The molecule has 0 saturated carbocycles. The van der Waals surface area contributed by atoms with Crippen molar-refractivity contribution in [2.75, 3.05) is 19.7 Å². The number of aryl methyl sites for hydroxylation is 1. The lowest BCUT2D eigenvalue weighted by atomic mass is 10.0. The predicted octanol–water partition coefficient (Wildman–Crippen LogP) is 2.01. The highest BCUT2D eigenvalue weighted by Crippen LogP contribution is 2.28. The number of nitrogens with one attached hydrogen (secondary N) is 2. The van der Waals surface area contributed by atoms with E-state index >= 15 is 0 Å².